The van der Waals surface area contributed by atoms with Crippen LogP contribution in [0.15, 0.2) is 182 Å². The van der Waals surface area contributed by atoms with E-state index in [4.69, 9.17) is 11.3 Å². The lowest BCUT2D eigenvalue weighted by Crippen LogP contribution is -2.34. The van der Waals surface area contributed by atoms with Gasteiger partial charge in [0.2, 0.25) is 0 Å². The zero-order valence-electron chi connectivity index (χ0n) is 26.8. The second kappa shape index (κ2) is 12.9. The van der Waals surface area contributed by atoms with Crippen LogP contribution in [0.2, 0.25) is 0 Å². The Morgan fingerprint density at radius 3 is 1.82 bits per heavy atom. The molecule has 0 saturated carbocycles. The first-order chi connectivity index (χ1) is 24.2. The predicted octanol–water partition coefficient (Wildman–Crippen LogP) is 12.2. The van der Waals surface area contributed by atoms with Gasteiger partial charge in [-0.15, -0.1) is 0 Å². The molecule has 0 aromatic heterocycles. The van der Waals surface area contributed by atoms with Crippen molar-refractivity contribution in [3.8, 4) is 16.9 Å². The highest BCUT2D eigenvalue weighted by atomic mass is 16.5. The summed E-state index contributed by atoms with van der Waals surface area (Å²) >= 11 is 0. The molecule has 8 rings (SSSR count). The quantitative estimate of drug-likeness (QED) is 0.163. The number of benzene rings is 7. The Bertz CT molecular complexity index is 2300. The highest BCUT2D eigenvalue weighted by Gasteiger charge is 2.37. The van der Waals surface area contributed by atoms with Crippen molar-refractivity contribution in [2.45, 2.75) is 5.60 Å². The predicted molar refractivity (Wildman–Crippen MR) is 203 cm³/mol. The summed E-state index contributed by atoms with van der Waals surface area (Å²) in [6.45, 7) is 7.06. The molecule has 0 bridgehead atoms. The fraction of sp³-hybridized carbons (Fsp3) is 0.0217. The highest BCUT2D eigenvalue weighted by molar-refractivity contribution is 5.96. The van der Waals surface area contributed by atoms with Crippen molar-refractivity contribution in [2.24, 2.45) is 0 Å². The van der Waals surface area contributed by atoms with Gasteiger partial charge in [-0.25, -0.2) is 4.85 Å². The normalized spacial score (nSPS) is 15.0. The highest BCUT2D eigenvalue weighted by Crippen LogP contribution is 2.45. The first kappa shape index (κ1) is 29.8. The van der Waals surface area contributed by atoms with Gasteiger partial charge < -0.3 is 9.64 Å². The molecule has 0 amide bonds. The Morgan fingerprint density at radius 2 is 1.16 bits per heavy atom. The number of anilines is 3. The van der Waals surface area contributed by atoms with Crippen molar-refractivity contribution in [1.29, 1.82) is 0 Å². The molecule has 1 unspecified atom stereocenters. The van der Waals surface area contributed by atoms with Crippen LogP contribution >= 0.6 is 0 Å². The number of ether oxygens (including phenoxy) is 1. The summed E-state index contributed by atoms with van der Waals surface area (Å²) in [5.41, 5.74) is 9.02. The van der Waals surface area contributed by atoms with Crippen LogP contribution in [0.4, 0.5) is 17.1 Å². The van der Waals surface area contributed by atoms with Crippen molar-refractivity contribution in [1.82, 2.24) is 0 Å². The zero-order valence-corrected chi connectivity index (χ0v) is 26.8. The van der Waals surface area contributed by atoms with Crippen LogP contribution in [0.5, 0.6) is 5.75 Å². The average molecular weight is 629 g/mol. The maximum atomic E-state index is 7.06. The number of hydrogen-bond acceptors (Lipinski definition) is 2. The fourth-order valence-corrected chi connectivity index (χ4v) is 6.71. The minimum Gasteiger partial charge on any atom is -0.473 e. The van der Waals surface area contributed by atoms with Crippen LogP contribution in [-0.4, -0.2) is 0 Å². The number of hydrogen-bond donors (Lipinski definition) is 0. The Morgan fingerprint density at radius 1 is 0.571 bits per heavy atom. The molecule has 3 nitrogen and oxygen atoms in total. The number of para-hydroxylation sites is 2. The molecule has 7 aromatic carbocycles. The summed E-state index contributed by atoms with van der Waals surface area (Å²) in [5.74, 6) is 0.842. The fourth-order valence-electron chi connectivity index (χ4n) is 6.71. The molecule has 0 spiro atoms. The van der Waals surface area contributed by atoms with E-state index in [1.54, 1.807) is 0 Å². The van der Waals surface area contributed by atoms with Gasteiger partial charge in [0.1, 0.15) is 5.75 Å². The molecular formula is C46H32N2O. The van der Waals surface area contributed by atoms with E-state index < -0.39 is 5.60 Å². The molecular weight excluding hydrogens is 597 g/mol. The summed E-state index contributed by atoms with van der Waals surface area (Å²) < 4.78 is 6.99. The van der Waals surface area contributed by atoms with Gasteiger partial charge in [-0.05, 0) is 88.1 Å². The summed E-state index contributed by atoms with van der Waals surface area (Å²) in [4.78, 5) is 5.62. The van der Waals surface area contributed by atoms with E-state index in [9.17, 15) is 0 Å². The molecule has 49 heavy (non-hydrogen) atoms. The van der Waals surface area contributed by atoms with Gasteiger partial charge in [0.25, 0.3) is 0 Å². The van der Waals surface area contributed by atoms with Gasteiger partial charge in [0, 0.05) is 33.8 Å². The number of fused-ring (bicyclic) bond motifs is 3. The van der Waals surface area contributed by atoms with Crippen molar-refractivity contribution >= 4 is 40.0 Å². The van der Waals surface area contributed by atoms with Crippen LogP contribution < -0.4 is 9.64 Å². The van der Waals surface area contributed by atoms with Gasteiger partial charge >= 0.3 is 0 Å². The van der Waals surface area contributed by atoms with Gasteiger partial charge in [0.15, 0.2) is 11.8 Å². The molecule has 0 saturated heterocycles. The minimum absolute atomic E-state index is 0.779. The van der Waals surface area contributed by atoms with Crippen LogP contribution in [0.1, 0.15) is 22.3 Å². The third kappa shape index (κ3) is 5.67. The van der Waals surface area contributed by atoms with Crippen LogP contribution in [0.25, 0.3) is 38.9 Å². The maximum absolute atomic E-state index is 7.06. The zero-order chi connectivity index (χ0) is 33.0. The van der Waals surface area contributed by atoms with Crippen molar-refractivity contribution < 1.29 is 4.74 Å². The second-order valence-corrected chi connectivity index (χ2v) is 12.1. The largest absolute Gasteiger partial charge is 0.473 e. The molecule has 7 aromatic rings. The maximum Gasteiger partial charge on any atom is 0.178 e. The van der Waals surface area contributed by atoms with E-state index in [0.29, 0.717) is 0 Å². The Balaban J connectivity index is 1.13. The molecule has 232 valence electrons. The van der Waals surface area contributed by atoms with Gasteiger partial charge in [-0.1, -0.05) is 127 Å². The minimum atomic E-state index is -0.779. The smallest absolute Gasteiger partial charge is 0.178 e. The van der Waals surface area contributed by atoms with Crippen molar-refractivity contribution in [3.63, 3.8) is 0 Å². The molecule has 0 aliphatic carbocycles. The standard InChI is InChI=1S/C46H32N2O/c1-47-32-30-34-17-23-39(24-18-34)46(38-11-5-2-6-12-38)31-29-44-43-27-21-36(33-37(43)22-28-45(44)49-46)35-19-25-42(26-20-35)48(40-13-7-3-8-14-40)41-15-9-4-10-16-41/h2-33H/b32-30-. The Labute approximate surface area is 287 Å². The average Bonchev–Trinajstić information content (AvgIpc) is 3.18. The van der Waals surface area contributed by atoms with E-state index >= 15 is 0 Å². The van der Waals surface area contributed by atoms with Crippen molar-refractivity contribution in [3.05, 3.63) is 216 Å². The summed E-state index contributed by atoms with van der Waals surface area (Å²) in [7, 11) is 0. The monoisotopic (exact) mass is 628 g/mol. The summed E-state index contributed by atoms with van der Waals surface area (Å²) in [5, 5.41) is 2.31. The molecule has 0 radical (unpaired) electrons. The SMILES string of the molecule is [C-]#[N+]/C=C\c1ccc(C2(c3ccccc3)C=Cc3c(ccc4cc(-c5ccc(N(c6ccccc6)c6ccccc6)cc5)ccc34)O2)cc1. The molecule has 1 aliphatic rings. The first-order valence-electron chi connectivity index (χ1n) is 16.4. The lowest BCUT2D eigenvalue weighted by atomic mass is 9.83. The van der Waals surface area contributed by atoms with E-state index in [-0.39, 0.29) is 0 Å². The van der Waals surface area contributed by atoms with E-state index in [1.807, 2.05) is 48.5 Å². The van der Waals surface area contributed by atoms with Gasteiger partial charge in [-0.2, -0.15) is 0 Å². The van der Waals surface area contributed by atoms with E-state index in [2.05, 4.69) is 149 Å². The molecule has 1 heterocycles. The van der Waals surface area contributed by atoms with Crippen LogP contribution in [-0.2, 0) is 5.60 Å². The Kier molecular flexibility index (Phi) is 7.82. The third-order valence-corrected chi connectivity index (χ3v) is 9.15. The number of rotatable bonds is 7. The summed E-state index contributed by atoms with van der Waals surface area (Å²) in [6.07, 6.45) is 7.67. The second-order valence-electron chi connectivity index (χ2n) is 12.1. The number of nitrogens with zero attached hydrogens (tertiary/aromatic N) is 2. The van der Waals surface area contributed by atoms with Crippen LogP contribution in [0, 0.1) is 6.57 Å². The van der Waals surface area contributed by atoms with E-state index in [1.165, 1.54) is 6.20 Å². The van der Waals surface area contributed by atoms with Crippen LogP contribution in [0.3, 0.4) is 0 Å². The lowest BCUT2D eigenvalue weighted by Gasteiger charge is -2.36. The molecule has 0 fully saturated rings. The van der Waals surface area contributed by atoms with Crippen molar-refractivity contribution in [2.75, 3.05) is 4.90 Å². The first-order valence-corrected chi connectivity index (χ1v) is 16.4. The molecule has 0 N–H and O–H groups in total. The Hall–Kier alpha value is -6.63. The molecule has 1 aliphatic heterocycles. The topological polar surface area (TPSA) is 16.8 Å². The molecule has 3 heteroatoms. The van der Waals surface area contributed by atoms with Gasteiger partial charge in [0.05, 0.1) is 6.57 Å². The van der Waals surface area contributed by atoms with E-state index in [0.717, 1.165) is 67.0 Å². The molecule has 1 atom stereocenters. The van der Waals surface area contributed by atoms with Gasteiger partial charge in [-0.3, -0.25) is 0 Å². The third-order valence-electron chi connectivity index (χ3n) is 9.15. The lowest BCUT2D eigenvalue weighted by molar-refractivity contribution is 0.161. The summed E-state index contributed by atoms with van der Waals surface area (Å²) in [6, 6.07) is 59.2.